The normalized spacial score (nSPS) is 11.1. The maximum atomic E-state index is 12.4. The Bertz CT molecular complexity index is 619. The second kappa shape index (κ2) is 8.73. The molecule has 124 valence electrons. The lowest BCUT2D eigenvalue weighted by molar-refractivity contribution is -0.142. The van der Waals surface area contributed by atoms with Crippen LogP contribution < -0.4 is 10.6 Å². The number of hydrogen-bond donors (Lipinski definition) is 2. The summed E-state index contributed by atoms with van der Waals surface area (Å²) < 4.78 is 4.72. The smallest absolute Gasteiger partial charge is 0.328 e. The molecule has 2 N–H and O–H groups in total. The summed E-state index contributed by atoms with van der Waals surface area (Å²) in [6.07, 6.45) is 2.19. The van der Waals surface area contributed by atoms with E-state index in [9.17, 15) is 14.4 Å². The predicted octanol–water partition coefficient (Wildman–Crippen LogP) is 2.27. The molecule has 0 aliphatic heterocycles. The van der Waals surface area contributed by atoms with E-state index in [1.165, 1.54) is 14.0 Å². The van der Waals surface area contributed by atoms with Gasteiger partial charge in [0, 0.05) is 6.92 Å². The number of methoxy groups -OCH3 is 1. The third kappa shape index (κ3) is 5.94. The van der Waals surface area contributed by atoms with E-state index in [1.54, 1.807) is 24.3 Å². The summed E-state index contributed by atoms with van der Waals surface area (Å²) in [6.45, 7) is 5.17. The molecule has 0 fully saturated rings. The molecule has 0 aliphatic carbocycles. The van der Waals surface area contributed by atoms with E-state index in [2.05, 4.69) is 10.6 Å². The van der Waals surface area contributed by atoms with Crippen LogP contribution in [0.2, 0.25) is 0 Å². The molecular weight excluding hydrogens is 296 g/mol. The van der Waals surface area contributed by atoms with Gasteiger partial charge in [-0.05, 0) is 32.4 Å². The molecule has 1 aromatic carbocycles. The van der Waals surface area contributed by atoms with Crippen LogP contribution in [0.4, 0.5) is 5.69 Å². The Labute approximate surface area is 135 Å². The first kappa shape index (κ1) is 18.4. The van der Waals surface area contributed by atoms with Gasteiger partial charge in [-0.1, -0.05) is 23.8 Å². The topological polar surface area (TPSA) is 84.5 Å². The number of benzene rings is 1. The van der Waals surface area contributed by atoms with E-state index < -0.39 is 17.9 Å². The van der Waals surface area contributed by atoms with E-state index in [-0.39, 0.29) is 11.5 Å². The zero-order chi connectivity index (χ0) is 17.4. The average molecular weight is 318 g/mol. The number of nitrogens with one attached hydrogen (secondary N) is 2. The van der Waals surface area contributed by atoms with Crippen LogP contribution in [0.3, 0.4) is 0 Å². The highest BCUT2D eigenvalue weighted by molar-refractivity contribution is 6.04. The van der Waals surface area contributed by atoms with Crippen LogP contribution in [0.25, 0.3) is 0 Å². The average Bonchev–Trinajstić information content (AvgIpc) is 2.50. The second-order valence-corrected chi connectivity index (χ2v) is 5.29. The van der Waals surface area contributed by atoms with Crippen molar-refractivity contribution >= 4 is 23.5 Å². The highest BCUT2D eigenvalue weighted by Gasteiger charge is 2.22. The van der Waals surface area contributed by atoms with E-state index in [4.69, 9.17) is 4.74 Å². The minimum absolute atomic E-state index is 0.278. The van der Waals surface area contributed by atoms with Gasteiger partial charge < -0.3 is 15.4 Å². The monoisotopic (exact) mass is 318 g/mol. The SMILES string of the molecule is COC(=O)[C@@H](CC=C(C)C)NC(=O)c1ccccc1NC(C)=O. The molecule has 1 rings (SSSR count). The van der Waals surface area contributed by atoms with E-state index >= 15 is 0 Å². The summed E-state index contributed by atoms with van der Waals surface area (Å²) >= 11 is 0. The maximum Gasteiger partial charge on any atom is 0.328 e. The zero-order valence-corrected chi connectivity index (χ0v) is 13.8. The van der Waals surface area contributed by atoms with Crippen LogP contribution in [-0.2, 0) is 14.3 Å². The quantitative estimate of drug-likeness (QED) is 0.622. The molecule has 1 atom stereocenters. The Morgan fingerprint density at radius 3 is 2.39 bits per heavy atom. The number of carbonyl (C=O) groups excluding carboxylic acids is 3. The molecule has 2 amide bonds. The highest BCUT2D eigenvalue weighted by Crippen LogP contribution is 2.15. The molecule has 0 saturated carbocycles. The van der Waals surface area contributed by atoms with Crippen LogP contribution in [0.1, 0.15) is 37.6 Å². The lowest BCUT2D eigenvalue weighted by Crippen LogP contribution is -2.41. The Morgan fingerprint density at radius 1 is 1.17 bits per heavy atom. The van der Waals surface area contributed by atoms with Crippen LogP contribution in [0.15, 0.2) is 35.9 Å². The van der Waals surface area contributed by atoms with Gasteiger partial charge in [0.05, 0.1) is 18.4 Å². The molecule has 0 bridgehead atoms. The van der Waals surface area contributed by atoms with E-state index in [0.29, 0.717) is 12.1 Å². The lowest BCUT2D eigenvalue weighted by atomic mass is 10.1. The molecule has 0 saturated heterocycles. The number of rotatable bonds is 6. The highest BCUT2D eigenvalue weighted by atomic mass is 16.5. The van der Waals surface area contributed by atoms with Crippen molar-refractivity contribution in [3.8, 4) is 0 Å². The first-order valence-corrected chi connectivity index (χ1v) is 7.23. The number of hydrogen-bond acceptors (Lipinski definition) is 4. The molecule has 0 radical (unpaired) electrons. The fourth-order valence-corrected chi connectivity index (χ4v) is 1.93. The molecule has 0 heterocycles. The number of esters is 1. The minimum Gasteiger partial charge on any atom is -0.467 e. The first-order valence-electron chi connectivity index (χ1n) is 7.23. The van der Waals surface area contributed by atoms with Crippen molar-refractivity contribution in [3.63, 3.8) is 0 Å². The summed E-state index contributed by atoms with van der Waals surface area (Å²) in [5.74, 6) is -1.25. The van der Waals surface area contributed by atoms with Crippen LogP contribution in [-0.4, -0.2) is 30.9 Å². The summed E-state index contributed by atoms with van der Waals surface area (Å²) in [5.41, 5.74) is 1.71. The standard InChI is InChI=1S/C17H22N2O4/c1-11(2)9-10-15(17(22)23-4)19-16(21)13-7-5-6-8-14(13)18-12(3)20/h5-9,15H,10H2,1-4H3,(H,18,20)(H,19,21)/t15-/m1/s1. The van der Waals surface area contributed by atoms with Gasteiger partial charge in [-0.3, -0.25) is 9.59 Å². The van der Waals surface area contributed by atoms with Gasteiger partial charge in [-0.25, -0.2) is 4.79 Å². The number of ether oxygens (including phenoxy) is 1. The van der Waals surface area contributed by atoms with Crippen molar-refractivity contribution in [2.75, 3.05) is 12.4 Å². The lowest BCUT2D eigenvalue weighted by Gasteiger charge is -2.16. The molecule has 23 heavy (non-hydrogen) atoms. The van der Waals surface area contributed by atoms with Crippen LogP contribution in [0.5, 0.6) is 0 Å². The van der Waals surface area contributed by atoms with E-state index in [0.717, 1.165) is 5.57 Å². The summed E-state index contributed by atoms with van der Waals surface area (Å²) in [5, 5.41) is 5.24. The van der Waals surface area contributed by atoms with Crippen molar-refractivity contribution in [3.05, 3.63) is 41.5 Å². The number of amides is 2. The van der Waals surface area contributed by atoms with Gasteiger partial charge in [0.15, 0.2) is 0 Å². The number of allylic oxidation sites excluding steroid dienone is 1. The first-order chi connectivity index (χ1) is 10.8. The maximum absolute atomic E-state index is 12.4. The van der Waals surface area contributed by atoms with Crippen molar-refractivity contribution < 1.29 is 19.1 Å². The summed E-state index contributed by atoms with van der Waals surface area (Å²) in [6, 6.07) is 5.81. The zero-order valence-electron chi connectivity index (χ0n) is 13.8. The molecule has 0 spiro atoms. The van der Waals surface area contributed by atoms with Crippen LogP contribution >= 0.6 is 0 Å². The van der Waals surface area contributed by atoms with Crippen molar-refractivity contribution in [1.29, 1.82) is 0 Å². The molecule has 6 heteroatoms. The second-order valence-electron chi connectivity index (χ2n) is 5.29. The fraction of sp³-hybridized carbons (Fsp3) is 0.353. The van der Waals surface area contributed by atoms with Gasteiger partial charge in [-0.2, -0.15) is 0 Å². The Kier molecular flexibility index (Phi) is 6.99. The summed E-state index contributed by atoms with van der Waals surface area (Å²) in [4.78, 5) is 35.5. The van der Waals surface area contributed by atoms with Gasteiger partial charge >= 0.3 is 5.97 Å². The molecule has 0 unspecified atom stereocenters. The van der Waals surface area contributed by atoms with Gasteiger partial charge in [-0.15, -0.1) is 0 Å². The molecular formula is C17H22N2O4. The number of anilines is 1. The summed E-state index contributed by atoms with van der Waals surface area (Å²) in [7, 11) is 1.27. The van der Waals surface area contributed by atoms with Gasteiger partial charge in [0.1, 0.15) is 6.04 Å². The number of para-hydroxylation sites is 1. The molecule has 0 aromatic heterocycles. The Balaban J connectivity index is 2.96. The van der Waals surface area contributed by atoms with E-state index in [1.807, 2.05) is 19.9 Å². The molecule has 1 aromatic rings. The van der Waals surface area contributed by atoms with Crippen molar-refractivity contribution in [2.45, 2.75) is 33.2 Å². The van der Waals surface area contributed by atoms with Gasteiger partial charge in [0.2, 0.25) is 5.91 Å². The predicted molar refractivity (Wildman–Crippen MR) is 88.1 cm³/mol. The minimum atomic E-state index is -0.784. The Hall–Kier alpha value is -2.63. The number of carbonyl (C=O) groups is 3. The molecule has 6 nitrogen and oxygen atoms in total. The fourth-order valence-electron chi connectivity index (χ4n) is 1.93. The third-order valence-corrected chi connectivity index (χ3v) is 3.04. The third-order valence-electron chi connectivity index (χ3n) is 3.04. The van der Waals surface area contributed by atoms with Crippen molar-refractivity contribution in [2.24, 2.45) is 0 Å². The van der Waals surface area contributed by atoms with Gasteiger partial charge in [0.25, 0.3) is 5.91 Å². The van der Waals surface area contributed by atoms with Crippen LogP contribution in [0, 0.1) is 0 Å². The largest absolute Gasteiger partial charge is 0.467 e. The van der Waals surface area contributed by atoms with Crippen molar-refractivity contribution in [1.82, 2.24) is 5.32 Å². The molecule has 0 aliphatic rings. The Morgan fingerprint density at radius 2 is 1.83 bits per heavy atom.